The standard InChI is InChI=1S/C14H22N6O4/c1-9(21)6-10(15)11-8-20(18-17-11)12(7-13(22)23)14(24)19-4-2-16-3-5-19/h8,10,12,16H,2-7,15H2,1H3,(H,22,23)/t10?,12-/m0/s1. The number of Topliss-reactive ketones (excluding diaryl/α,β-unsaturated/α-hetero) is 1. The smallest absolute Gasteiger partial charge is 0.306 e. The van der Waals surface area contributed by atoms with Crippen LogP contribution in [0.3, 0.4) is 0 Å². The first-order chi connectivity index (χ1) is 11.4. The molecule has 2 heterocycles. The van der Waals surface area contributed by atoms with Crippen LogP contribution in [0.25, 0.3) is 0 Å². The van der Waals surface area contributed by atoms with Crippen LogP contribution in [-0.2, 0) is 14.4 Å². The molecule has 10 nitrogen and oxygen atoms in total. The van der Waals surface area contributed by atoms with E-state index in [1.165, 1.54) is 17.8 Å². The minimum atomic E-state index is -1.10. The van der Waals surface area contributed by atoms with E-state index in [2.05, 4.69) is 15.6 Å². The zero-order valence-electron chi connectivity index (χ0n) is 13.5. The third-order valence-corrected chi connectivity index (χ3v) is 3.82. The van der Waals surface area contributed by atoms with Gasteiger partial charge in [0, 0.05) is 32.6 Å². The first-order valence-electron chi connectivity index (χ1n) is 7.76. The van der Waals surface area contributed by atoms with Crippen LogP contribution in [0.15, 0.2) is 6.20 Å². The van der Waals surface area contributed by atoms with Gasteiger partial charge in [-0.1, -0.05) is 5.21 Å². The molecule has 0 spiro atoms. The lowest BCUT2D eigenvalue weighted by Gasteiger charge is -2.30. The second kappa shape index (κ2) is 7.97. The zero-order chi connectivity index (χ0) is 17.7. The fourth-order valence-electron chi connectivity index (χ4n) is 2.58. The summed E-state index contributed by atoms with van der Waals surface area (Å²) in [5.74, 6) is -1.50. The van der Waals surface area contributed by atoms with E-state index < -0.39 is 24.5 Å². The maximum atomic E-state index is 12.7. The molecule has 1 unspecified atom stereocenters. The molecule has 4 N–H and O–H groups in total. The number of rotatable bonds is 7. The molecule has 1 aromatic rings. The maximum absolute atomic E-state index is 12.7. The molecule has 0 radical (unpaired) electrons. The SMILES string of the molecule is CC(=O)CC(N)c1cn([C@@H](CC(=O)O)C(=O)N2CCNCC2)nn1. The van der Waals surface area contributed by atoms with Gasteiger partial charge in [0.05, 0.1) is 24.4 Å². The Morgan fingerprint density at radius 3 is 2.58 bits per heavy atom. The van der Waals surface area contributed by atoms with E-state index in [0.717, 1.165) is 0 Å². The molecule has 1 amide bonds. The van der Waals surface area contributed by atoms with Crippen molar-refractivity contribution in [2.45, 2.75) is 31.8 Å². The predicted octanol–water partition coefficient (Wildman–Crippen LogP) is -1.30. The number of carbonyl (C=O) groups is 3. The van der Waals surface area contributed by atoms with Gasteiger partial charge in [0.2, 0.25) is 5.91 Å². The predicted molar refractivity (Wildman–Crippen MR) is 83.0 cm³/mol. The molecular weight excluding hydrogens is 316 g/mol. The van der Waals surface area contributed by atoms with Crippen LogP contribution in [0.2, 0.25) is 0 Å². The van der Waals surface area contributed by atoms with Gasteiger partial charge < -0.3 is 21.1 Å². The van der Waals surface area contributed by atoms with Crippen LogP contribution < -0.4 is 11.1 Å². The molecule has 10 heteroatoms. The molecule has 1 aromatic heterocycles. The monoisotopic (exact) mass is 338 g/mol. The summed E-state index contributed by atoms with van der Waals surface area (Å²) in [6, 6.07) is -1.61. The van der Waals surface area contributed by atoms with Crippen molar-refractivity contribution < 1.29 is 19.5 Å². The van der Waals surface area contributed by atoms with E-state index in [9.17, 15) is 14.4 Å². The lowest BCUT2D eigenvalue weighted by Crippen LogP contribution is -2.49. The summed E-state index contributed by atoms with van der Waals surface area (Å²) in [6.07, 6.45) is 1.16. The van der Waals surface area contributed by atoms with Crippen molar-refractivity contribution in [1.29, 1.82) is 0 Å². The van der Waals surface area contributed by atoms with Crippen molar-refractivity contribution in [1.82, 2.24) is 25.2 Å². The van der Waals surface area contributed by atoms with Crippen LogP contribution in [-0.4, -0.2) is 68.8 Å². The summed E-state index contributed by atoms with van der Waals surface area (Å²) in [6.45, 7) is 3.78. The van der Waals surface area contributed by atoms with Crippen LogP contribution in [0.5, 0.6) is 0 Å². The number of aliphatic carboxylic acids is 1. The third kappa shape index (κ3) is 4.59. The molecule has 1 aliphatic rings. The van der Waals surface area contributed by atoms with Gasteiger partial charge in [-0.3, -0.25) is 14.4 Å². The van der Waals surface area contributed by atoms with E-state index in [-0.39, 0.29) is 18.1 Å². The second-order valence-electron chi connectivity index (χ2n) is 5.82. The molecule has 0 saturated carbocycles. The highest BCUT2D eigenvalue weighted by Crippen LogP contribution is 2.18. The highest BCUT2D eigenvalue weighted by molar-refractivity contribution is 5.84. The van der Waals surface area contributed by atoms with Crippen LogP contribution >= 0.6 is 0 Å². The Morgan fingerprint density at radius 1 is 1.33 bits per heavy atom. The average molecular weight is 338 g/mol. The average Bonchev–Trinajstić information content (AvgIpc) is 3.02. The number of carboxylic acids is 1. The van der Waals surface area contributed by atoms with Crippen molar-refractivity contribution in [3.05, 3.63) is 11.9 Å². The fraction of sp³-hybridized carbons (Fsp3) is 0.643. The fourth-order valence-corrected chi connectivity index (χ4v) is 2.58. The highest BCUT2D eigenvalue weighted by Gasteiger charge is 2.30. The minimum Gasteiger partial charge on any atom is -0.481 e. The van der Waals surface area contributed by atoms with Crippen LogP contribution in [0.1, 0.15) is 37.5 Å². The quantitative estimate of drug-likeness (QED) is 0.557. The first-order valence-corrected chi connectivity index (χ1v) is 7.76. The summed E-state index contributed by atoms with van der Waals surface area (Å²) in [5, 5.41) is 20.0. The van der Waals surface area contributed by atoms with E-state index in [1.807, 2.05) is 0 Å². The molecule has 0 aliphatic carbocycles. The Hall–Kier alpha value is -2.33. The topological polar surface area (TPSA) is 143 Å². The molecule has 24 heavy (non-hydrogen) atoms. The minimum absolute atomic E-state index is 0.0870. The molecule has 1 saturated heterocycles. The van der Waals surface area contributed by atoms with Crippen molar-refractivity contribution >= 4 is 17.7 Å². The zero-order valence-corrected chi connectivity index (χ0v) is 13.5. The first kappa shape index (κ1) is 18.0. The molecule has 0 bridgehead atoms. The maximum Gasteiger partial charge on any atom is 0.306 e. The largest absolute Gasteiger partial charge is 0.481 e. The number of nitrogens with zero attached hydrogens (tertiary/aromatic N) is 4. The molecule has 1 fully saturated rings. The summed E-state index contributed by atoms with van der Waals surface area (Å²) in [7, 11) is 0. The van der Waals surface area contributed by atoms with Gasteiger partial charge >= 0.3 is 5.97 Å². The van der Waals surface area contributed by atoms with Crippen molar-refractivity contribution in [2.75, 3.05) is 26.2 Å². The number of amides is 1. The Bertz CT molecular complexity index is 610. The van der Waals surface area contributed by atoms with Gasteiger partial charge in [-0.2, -0.15) is 0 Å². The third-order valence-electron chi connectivity index (χ3n) is 3.82. The van der Waals surface area contributed by atoms with Crippen LogP contribution in [0, 0.1) is 0 Å². The number of carbonyl (C=O) groups excluding carboxylic acids is 2. The van der Waals surface area contributed by atoms with Crippen molar-refractivity contribution in [3.8, 4) is 0 Å². The lowest BCUT2D eigenvalue weighted by molar-refractivity contribution is -0.144. The van der Waals surface area contributed by atoms with Gasteiger partial charge in [-0.25, -0.2) is 4.68 Å². The number of nitrogens with two attached hydrogens (primary N) is 1. The number of carboxylic acid groups (broad SMARTS) is 1. The second-order valence-corrected chi connectivity index (χ2v) is 5.82. The number of aromatic nitrogens is 3. The van der Waals surface area contributed by atoms with Gasteiger partial charge in [0.1, 0.15) is 11.8 Å². The van der Waals surface area contributed by atoms with Gasteiger partial charge in [0.15, 0.2) is 0 Å². The summed E-state index contributed by atoms with van der Waals surface area (Å²) in [4.78, 5) is 36.6. The van der Waals surface area contributed by atoms with Crippen molar-refractivity contribution in [3.63, 3.8) is 0 Å². The summed E-state index contributed by atoms with van der Waals surface area (Å²) < 4.78 is 1.23. The van der Waals surface area contributed by atoms with Crippen molar-refractivity contribution in [2.24, 2.45) is 5.73 Å². The summed E-state index contributed by atoms with van der Waals surface area (Å²) >= 11 is 0. The number of hydrogen-bond acceptors (Lipinski definition) is 7. The highest BCUT2D eigenvalue weighted by atomic mass is 16.4. The Balaban J connectivity index is 2.18. The molecule has 0 aromatic carbocycles. The molecule has 132 valence electrons. The van der Waals surface area contributed by atoms with Gasteiger partial charge in [-0.15, -0.1) is 5.10 Å². The number of ketones is 1. The van der Waals surface area contributed by atoms with E-state index in [0.29, 0.717) is 31.9 Å². The van der Waals surface area contributed by atoms with Gasteiger partial charge in [0.25, 0.3) is 0 Å². The van der Waals surface area contributed by atoms with Crippen LogP contribution in [0.4, 0.5) is 0 Å². The molecule has 1 aliphatic heterocycles. The lowest BCUT2D eigenvalue weighted by atomic mass is 10.1. The number of nitrogens with one attached hydrogen (secondary N) is 1. The van der Waals surface area contributed by atoms with E-state index >= 15 is 0 Å². The molecule has 2 atom stereocenters. The molecular formula is C14H22N6O4. The Kier molecular flexibility index (Phi) is 5.99. The Morgan fingerprint density at radius 2 is 2.00 bits per heavy atom. The number of hydrogen-bond donors (Lipinski definition) is 3. The van der Waals surface area contributed by atoms with E-state index in [1.54, 1.807) is 4.90 Å². The van der Waals surface area contributed by atoms with E-state index in [4.69, 9.17) is 10.8 Å². The Labute approximate surface area is 139 Å². The normalized spacial score (nSPS) is 17.3. The summed E-state index contributed by atoms with van der Waals surface area (Å²) in [5.41, 5.74) is 6.23. The molecule has 2 rings (SSSR count). The number of piperazine rings is 1. The van der Waals surface area contributed by atoms with Gasteiger partial charge in [-0.05, 0) is 6.92 Å².